The molecule has 1 atom stereocenters. The van der Waals surface area contributed by atoms with Gasteiger partial charge in [0.25, 0.3) is 0 Å². The van der Waals surface area contributed by atoms with Crippen LogP contribution in [0.15, 0.2) is 18.3 Å². The summed E-state index contributed by atoms with van der Waals surface area (Å²) in [7, 11) is 1.69. The summed E-state index contributed by atoms with van der Waals surface area (Å²) >= 11 is 0. The average molecular weight is 263 g/mol. The topological polar surface area (TPSA) is 46.6 Å². The van der Waals surface area contributed by atoms with Crippen molar-refractivity contribution in [2.75, 3.05) is 38.3 Å². The van der Waals surface area contributed by atoms with Crippen LogP contribution in [0.25, 0.3) is 0 Å². The molecule has 1 aromatic heterocycles. The SMILES string of the molecule is COc1cccnc1N1CCOCC1CNC1CC1. The van der Waals surface area contributed by atoms with Crippen molar-refractivity contribution in [1.82, 2.24) is 10.3 Å². The molecule has 1 N–H and O–H groups in total. The molecule has 5 nitrogen and oxygen atoms in total. The summed E-state index contributed by atoms with van der Waals surface area (Å²) in [5, 5.41) is 3.57. The highest BCUT2D eigenvalue weighted by Crippen LogP contribution is 2.28. The Morgan fingerprint density at radius 1 is 1.53 bits per heavy atom. The van der Waals surface area contributed by atoms with Gasteiger partial charge in [0, 0.05) is 25.3 Å². The Balaban J connectivity index is 1.74. The second kappa shape index (κ2) is 5.75. The molecular weight excluding hydrogens is 242 g/mol. The van der Waals surface area contributed by atoms with Crippen LogP contribution in [0.2, 0.25) is 0 Å². The fraction of sp³-hybridized carbons (Fsp3) is 0.643. The number of aromatic nitrogens is 1. The minimum Gasteiger partial charge on any atom is -0.493 e. The van der Waals surface area contributed by atoms with E-state index >= 15 is 0 Å². The van der Waals surface area contributed by atoms with E-state index in [2.05, 4.69) is 15.2 Å². The van der Waals surface area contributed by atoms with E-state index in [1.807, 2.05) is 18.3 Å². The van der Waals surface area contributed by atoms with Crippen molar-refractivity contribution in [2.24, 2.45) is 0 Å². The van der Waals surface area contributed by atoms with E-state index in [1.54, 1.807) is 7.11 Å². The fourth-order valence-corrected chi connectivity index (χ4v) is 2.45. The number of nitrogens with zero attached hydrogens (tertiary/aromatic N) is 2. The normalized spacial score (nSPS) is 23.4. The van der Waals surface area contributed by atoms with Crippen molar-refractivity contribution >= 4 is 5.82 Å². The predicted octanol–water partition coefficient (Wildman–Crippen LogP) is 1.05. The largest absolute Gasteiger partial charge is 0.493 e. The molecule has 0 aromatic carbocycles. The highest BCUT2D eigenvalue weighted by Gasteiger charge is 2.28. The number of pyridine rings is 1. The zero-order valence-corrected chi connectivity index (χ0v) is 11.3. The van der Waals surface area contributed by atoms with Crippen molar-refractivity contribution in [3.05, 3.63) is 18.3 Å². The summed E-state index contributed by atoms with van der Waals surface area (Å²) in [5.41, 5.74) is 0. The monoisotopic (exact) mass is 263 g/mol. The number of rotatable bonds is 5. The fourth-order valence-electron chi connectivity index (χ4n) is 2.45. The Bertz CT molecular complexity index is 423. The molecule has 2 aliphatic rings. The van der Waals surface area contributed by atoms with Crippen LogP contribution in [0, 0.1) is 0 Å². The van der Waals surface area contributed by atoms with Crippen LogP contribution in [0.5, 0.6) is 5.75 Å². The van der Waals surface area contributed by atoms with Gasteiger partial charge in [0.15, 0.2) is 11.6 Å². The molecule has 19 heavy (non-hydrogen) atoms. The van der Waals surface area contributed by atoms with Crippen molar-refractivity contribution in [2.45, 2.75) is 24.9 Å². The number of anilines is 1. The summed E-state index contributed by atoms with van der Waals surface area (Å²) in [6, 6.07) is 4.91. The van der Waals surface area contributed by atoms with E-state index in [-0.39, 0.29) is 0 Å². The first-order valence-electron chi connectivity index (χ1n) is 6.95. The first-order chi connectivity index (χ1) is 9.38. The van der Waals surface area contributed by atoms with Crippen LogP contribution in [-0.4, -0.2) is 50.5 Å². The average Bonchev–Trinajstić information content (AvgIpc) is 3.29. The molecule has 1 saturated heterocycles. The van der Waals surface area contributed by atoms with Gasteiger partial charge in [-0.25, -0.2) is 4.98 Å². The van der Waals surface area contributed by atoms with Crippen LogP contribution < -0.4 is 15.0 Å². The molecule has 0 radical (unpaired) electrons. The number of hydrogen-bond donors (Lipinski definition) is 1. The number of morpholine rings is 1. The molecule has 1 unspecified atom stereocenters. The third-order valence-electron chi connectivity index (χ3n) is 3.69. The van der Waals surface area contributed by atoms with Gasteiger partial charge in [-0.05, 0) is 25.0 Å². The van der Waals surface area contributed by atoms with E-state index in [0.717, 1.165) is 43.9 Å². The van der Waals surface area contributed by atoms with Crippen molar-refractivity contribution in [1.29, 1.82) is 0 Å². The van der Waals surface area contributed by atoms with Gasteiger partial charge in [0.1, 0.15) is 0 Å². The standard InChI is InChI=1S/C14H21N3O2/c1-18-13-3-2-6-15-14(13)17-7-8-19-10-12(17)9-16-11-4-5-11/h2-3,6,11-12,16H,4-5,7-10H2,1H3. The lowest BCUT2D eigenvalue weighted by Crippen LogP contribution is -2.51. The molecule has 1 aromatic rings. The van der Waals surface area contributed by atoms with Crippen molar-refractivity contribution in [3.63, 3.8) is 0 Å². The Kier molecular flexibility index (Phi) is 3.84. The van der Waals surface area contributed by atoms with Gasteiger partial charge in [0.05, 0.1) is 26.4 Å². The lowest BCUT2D eigenvalue weighted by molar-refractivity contribution is 0.0929. The van der Waals surface area contributed by atoms with E-state index in [0.29, 0.717) is 6.04 Å². The molecule has 0 spiro atoms. The molecule has 3 rings (SSSR count). The summed E-state index contributed by atoms with van der Waals surface area (Å²) in [6.45, 7) is 3.31. The zero-order chi connectivity index (χ0) is 13.1. The van der Waals surface area contributed by atoms with Crippen molar-refractivity contribution < 1.29 is 9.47 Å². The maximum Gasteiger partial charge on any atom is 0.171 e. The first kappa shape index (κ1) is 12.7. The van der Waals surface area contributed by atoms with Gasteiger partial charge in [-0.15, -0.1) is 0 Å². The summed E-state index contributed by atoms with van der Waals surface area (Å²) in [6.07, 6.45) is 4.43. The Labute approximate surface area is 113 Å². The lowest BCUT2D eigenvalue weighted by atomic mass is 10.2. The molecule has 1 aliphatic carbocycles. The summed E-state index contributed by atoms with van der Waals surface area (Å²) in [4.78, 5) is 6.79. The minimum atomic E-state index is 0.332. The van der Waals surface area contributed by atoms with Gasteiger partial charge >= 0.3 is 0 Å². The van der Waals surface area contributed by atoms with Gasteiger partial charge in [-0.2, -0.15) is 0 Å². The molecule has 1 aliphatic heterocycles. The van der Waals surface area contributed by atoms with Gasteiger partial charge < -0.3 is 19.7 Å². The molecular formula is C14H21N3O2. The van der Waals surface area contributed by atoms with Crippen molar-refractivity contribution in [3.8, 4) is 5.75 Å². The maximum absolute atomic E-state index is 5.61. The van der Waals surface area contributed by atoms with Gasteiger partial charge in [-0.3, -0.25) is 0 Å². The first-order valence-corrected chi connectivity index (χ1v) is 6.95. The summed E-state index contributed by atoms with van der Waals surface area (Å²) < 4.78 is 11.0. The Hall–Kier alpha value is -1.33. The quantitative estimate of drug-likeness (QED) is 0.860. The summed E-state index contributed by atoms with van der Waals surface area (Å²) in [5.74, 6) is 1.76. The van der Waals surface area contributed by atoms with Gasteiger partial charge in [0.2, 0.25) is 0 Å². The van der Waals surface area contributed by atoms with Crippen LogP contribution in [0.4, 0.5) is 5.82 Å². The molecule has 2 heterocycles. The maximum atomic E-state index is 5.61. The highest BCUT2D eigenvalue weighted by molar-refractivity contribution is 5.53. The molecule has 104 valence electrons. The van der Waals surface area contributed by atoms with Crippen LogP contribution in [0.1, 0.15) is 12.8 Å². The lowest BCUT2D eigenvalue weighted by Gasteiger charge is -2.37. The minimum absolute atomic E-state index is 0.332. The van der Waals surface area contributed by atoms with E-state index < -0.39 is 0 Å². The smallest absolute Gasteiger partial charge is 0.171 e. The third-order valence-corrected chi connectivity index (χ3v) is 3.69. The number of ether oxygens (including phenoxy) is 2. The van der Waals surface area contributed by atoms with E-state index in [4.69, 9.17) is 9.47 Å². The highest BCUT2D eigenvalue weighted by atomic mass is 16.5. The Morgan fingerprint density at radius 2 is 2.42 bits per heavy atom. The van der Waals surface area contributed by atoms with Crippen LogP contribution >= 0.6 is 0 Å². The third kappa shape index (κ3) is 2.98. The number of methoxy groups -OCH3 is 1. The van der Waals surface area contributed by atoms with Gasteiger partial charge in [-0.1, -0.05) is 0 Å². The predicted molar refractivity (Wildman–Crippen MR) is 73.8 cm³/mol. The van der Waals surface area contributed by atoms with E-state index in [1.165, 1.54) is 12.8 Å². The second-order valence-corrected chi connectivity index (χ2v) is 5.13. The Morgan fingerprint density at radius 3 is 3.21 bits per heavy atom. The molecule has 1 saturated carbocycles. The van der Waals surface area contributed by atoms with Crippen LogP contribution in [-0.2, 0) is 4.74 Å². The molecule has 5 heteroatoms. The number of hydrogen-bond acceptors (Lipinski definition) is 5. The number of nitrogens with one attached hydrogen (secondary N) is 1. The van der Waals surface area contributed by atoms with Crippen LogP contribution in [0.3, 0.4) is 0 Å². The molecule has 0 bridgehead atoms. The molecule has 0 amide bonds. The molecule has 2 fully saturated rings. The second-order valence-electron chi connectivity index (χ2n) is 5.13. The van der Waals surface area contributed by atoms with E-state index in [9.17, 15) is 0 Å². The zero-order valence-electron chi connectivity index (χ0n) is 11.3.